The topological polar surface area (TPSA) is 97.0 Å². The van der Waals surface area contributed by atoms with E-state index in [1.807, 2.05) is 68.4 Å². The molecule has 0 unspecified atom stereocenters. The number of nitrogens with one attached hydrogen (secondary N) is 2. The first-order valence-corrected chi connectivity index (χ1v) is 10.9. The summed E-state index contributed by atoms with van der Waals surface area (Å²) in [6.07, 6.45) is 0. The number of carbonyl (C=O) groups excluding carboxylic acids is 3. The third-order valence-electron chi connectivity index (χ3n) is 5.17. The fourth-order valence-corrected chi connectivity index (χ4v) is 3.61. The van der Waals surface area contributed by atoms with Crippen LogP contribution < -0.4 is 20.3 Å². The second-order valence-corrected chi connectivity index (χ2v) is 8.02. The van der Waals surface area contributed by atoms with E-state index in [1.165, 1.54) is 12.1 Å². The van der Waals surface area contributed by atoms with Gasteiger partial charge in [0, 0.05) is 23.1 Å². The van der Waals surface area contributed by atoms with Crippen molar-refractivity contribution in [2.75, 3.05) is 28.7 Å². The monoisotopic (exact) mass is 459 g/mol. The predicted octanol–water partition coefficient (Wildman–Crippen LogP) is 4.36. The molecular formula is C26H25N3O5. The average molecular weight is 460 g/mol. The molecule has 3 aromatic rings. The van der Waals surface area contributed by atoms with Gasteiger partial charge in [0.15, 0.2) is 13.2 Å². The van der Waals surface area contributed by atoms with Gasteiger partial charge >= 0.3 is 5.97 Å². The number of fused-ring (bicyclic) bond motifs is 1. The number of amides is 2. The molecule has 174 valence electrons. The van der Waals surface area contributed by atoms with E-state index in [2.05, 4.69) is 10.6 Å². The van der Waals surface area contributed by atoms with E-state index < -0.39 is 12.6 Å². The van der Waals surface area contributed by atoms with E-state index in [-0.39, 0.29) is 30.0 Å². The molecule has 1 heterocycles. The Morgan fingerprint density at radius 3 is 2.44 bits per heavy atom. The lowest BCUT2D eigenvalue weighted by atomic mass is 10.1. The average Bonchev–Trinajstić information content (AvgIpc) is 2.84. The number of benzene rings is 3. The van der Waals surface area contributed by atoms with Gasteiger partial charge in [-0.2, -0.15) is 0 Å². The van der Waals surface area contributed by atoms with Crippen molar-refractivity contribution in [2.24, 2.45) is 0 Å². The van der Waals surface area contributed by atoms with Gasteiger partial charge in [-0.05, 0) is 68.4 Å². The van der Waals surface area contributed by atoms with Gasteiger partial charge in [0.05, 0.1) is 11.3 Å². The molecule has 0 spiro atoms. The Bertz CT molecular complexity index is 1190. The molecule has 3 aromatic carbocycles. The Labute approximate surface area is 197 Å². The van der Waals surface area contributed by atoms with Crippen LogP contribution in [0.2, 0.25) is 0 Å². The number of esters is 1. The van der Waals surface area contributed by atoms with E-state index in [1.54, 1.807) is 11.0 Å². The number of para-hydroxylation sites is 1. The van der Waals surface area contributed by atoms with E-state index in [0.29, 0.717) is 17.1 Å². The van der Waals surface area contributed by atoms with Crippen LogP contribution in [0.1, 0.15) is 24.2 Å². The summed E-state index contributed by atoms with van der Waals surface area (Å²) >= 11 is 0. The van der Waals surface area contributed by atoms with Gasteiger partial charge in [0.1, 0.15) is 5.75 Å². The molecule has 8 heteroatoms. The molecule has 0 radical (unpaired) electrons. The zero-order valence-corrected chi connectivity index (χ0v) is 18.9. The number of rotatable bonds is 7. The fraction of sp³-hybridized carbons (Fsp3) is 0.192. The van der Waals surface area contributed by atoms with Gasteiger partial charge in [-0.25, -0.2) is 4.79 Å². The van der Waals surface area contributed by atoms with Crippen molar-refractivity contribution in [1.29, 1.82) is 0 Å². The van der Waals surface area contributed by atoms with Gasteiger partial charge < -0.3 is 25.0 Å². The fourth-order valence-electron chi connectivity index (χ4n) is 3.61. The van der Waals surface area contributed by atoms with E-state index in [0.717, 1.165) is 11.4 Å². The third kappa shape index (κ3) is 5.35. The highest BCUT2D eigenvalue weighted by Gasteiger charge is 2.22. The molecule has 1 aliphatic heterocycles. The molecule has 0 atom stereocenters. The van der Waals surface area contributed by atoms with Crippen molar-refractivity contribution in [3.05, 3.63) is 78.4 Å². The first kappa shape index (κ1) is 22.8. The maximum Gasteiger partial charge on any atom is 0.338 e. The van der Waals surface area contributed by atoms with Gasteiger partial charge in [-0.1, -0.05) is 18.2 Å². The summed E-state index contributed by atoms with van der Waals surface area (Å²) in [6, 6.07) is 21.7. The maximum absolute atomic E-state index is 12.9. The molecule has 4 rings (SSSR count). The summed E-state index contributed by atoms with van der Waals surface area (Å²) in [7, 11) is 0. The van der Waals surface area contributed by atoms with E-state index in [4.69, 9.17) is 9.47 Å². The Balaban J connectivity index is 1.39. The Morgan fingerprint density at radius 1 is 1.03 bits per heavy atom. The lowest BCUT2D eigenvalue weighted by Gasteiger charge is -2.27. The molecule has 1 aliphatic rings. The van der Waals surface area contributed by atoms with Crippen molar-refractivity contribution in [2.45, 2.75) is 19.9 Å². The largest absolute Gasteiger partial charge is 0.482 e. The lowest BCUT2D eigenvalue weighted by Crippen LogP contribution is -2.39. The number of hydrogen-bond donors (Lipinski definition) is 2. The number of anilines is 4. The number of carbonyl (C=O) groups is 3. The number of ether oxygens (including phenoxy) is 2. The number of nitrogens with zero attached hydrogens (tertiary/aromatic N) is 1. The summed E-state index contributed by atoms with van der Waals surface area (Å²) in [6.45, 7) is 3.26. The van der Waals surface area contributed by atoms with Crippen molar-refractivity contribution < 1.29 is 23.9 Å². The molecule has 0 aromatic heterocycles. The highest BCUT2D eigenvalue weighted by molar-refractivity contribution is 5.99. The second-order valence-electron chi connectivity index (χ2n) is 8.02. The van der Waals surface area contributed by atoms with Gasteiger partial charge in [-0.15, -0.1) is 0 Å². The lowest BCUT2D eigenvalue weighted by molar-refractivity contribution is -0.122. The Morgan fingerprint density at radius 2 is 1.74 bits per heavy atom. The van der Waals surface area contributed by atoms with Crippen molar-refractivity contribution in [3.8, 4) is 5.75 Å². The number of hydrogen-bond acceptors (Lipinski definition) is 6. The summed E-state index contributed by atoms with van der Waals surface area (Å²) in [5.41, 5.74) is 3.28. The molecule has 2 N–H and O–H groups in total. The SMILES string of the molecule is CC(C)N(C(=O)COC(=O)c1ccc2c(c1)OCC(=O)N2)c1ccc(Nc2ccccc2)cc1. The molecular weight excluding hydrogens is 434 g/mol. The highest BCUT2D eigenvalue weighted by atomic mass is 16.5. The van der Waals surface area contributed by atoms with Crippen LogP contribution >= 0.6 is 0 Å². The second kappa shape index (κ2) is 10.1. The Kier molecular flexibility index (Phi) is 6.77. The molecule has 2 amide bonds. The molecule has 0 bridgehead atoms. The minimum Gasteiger partial charge on any atom is -0.482 e. The molecule has 0 fully saturated rings. The summed E-state index contributed by atoms with van der Waals surface area (Å²) in [4.78, 5) is 38.4. The Hall–Kier alpha value is -4.33. The van der Waals surface area contributed by atoms with E-state index >= 15 is 0 Å². The third-order valence-corrected chi connectivity index (χ3v) is 5.17. The van der Waals surface area contributed by atoms with Gasteiger partial charge in [0.2, 0.25) is 0 Å². The van der Waals surface area contributed by atoms with Crippen molar-refractivity contribution in [3.63, 3.8) is 0 Å². The normalized spacial score (nSPS) is 12.3. The van der Waals surface area contributed by atoms with Crippen LogP contribution in [0.5, 0.6) is 5.75 Å². The summed E-state index contributed by atoms with van der Waals surface area (Å²) < 4.78 is 10.6. The molecule has 0 aliphatic carbocycles. The minimum atomic E-state index is -0.650. The van der Waals surface area contributed by atoms with Crippen LogP contribution in [0.3, 0.4) is 0 Å². The van der Waals surface area contributed by atoms with Crippen LogP contribution in [-0.2, 0) is 14.3 Å². The van der Waals surface area contributed by atoms with Crippen LogP contribution in [0.15, 0.2) is 72.8 Å². The maximum atomic E-state index is 12.9. The minimum absolute atomic E-state index is 0.118. The standard InChI is InChI=1S/C26H25N3O5/c1-17(2)29(21-11-9-20(10-12-21)27-19-6-4-3-5-7-19)25(31)16-34-26(32)18-8-13-22-23(14-18)33-15-24(30)28-22/h3-14,17,27H,15-16H2,1-2H3,(H,28,30). The highest BCUT2D eigenvalue weighted by Crippen LogP contribution is 2.29. The molecule has 8 nitrogen and oxygen atoms in total. The van der Waals surface area contributed by atoms with Crippen LogP contribution in [0, 0.1) is 0 Å². The molecule has 34 heavy (non-hydrogen) atoms. The predicted molar refractivity (Wildman–Crippen MR) is 130 cm³/mol. The summed E-state index contributed by atoms with van der Waals surface area (Å²) in [5, 5.41) is 5.96. The van der Waals surface area contributed by atoms with Crippen LogP contribution in [-0.4, -0.2) is 37.0 Å². The zero-order chi connectivity index (χ0) is 24.1. The quantitative estimate of drug-likeness (QED) is 0.510. The van der Waals surface area contributed by atoms with Gasteiger partial charge in [0.25, 0.3) is 11.8 Å². The zero-order valence-electron chi connectivity index (χ0n) is 18.9. The van der Waals surface area contributed by atoms with E-state index in [9.17, 15) is 14.4 Å². The first-order valence-electron chi connectivity index (χ1n) is 10.9. The van der Waals surface area contributed by atoms with Crippen LogP contribution in [0.4, 0.5) is 22.7 Å². The first-order chi connectivity index (χ1) is 16.4. The molecule has 0 saturated heterocycles. The summed E-state index contributed by atoms with van der Waals surface area (Å²) in [5.74, 6) is -0.865. The molecule has 0 saturated carbocycles. The van der Waals surface area contributed by atoms with Crippen molar-refractivity contribution in [1.82, 2.24) is 0 Å². The smallest absolute Gasteiger partial charge is 0.338 e. The van der Waals surface area contributed by atoms with Crippen molar-refractivity contribution >= 4 is 40.5 Å². The van der Waals surface area contributed by atoms with Crippen LogP contribution in [0.25, 0.3) is 0 Å². The van der Waals surface area contributed by atoms with Gasteiger partial charge in [-0.3, -0.25) is 9.59 Å².